The van der Waals surface area contributed by atoms with Gasteiger partial charge < -0.3 is 15.3 Å². The number of benzene rings is 2. The third-order valence-corrected chi connectivity index (χ3v) is 7.92. The van der Waals surface area contributed by atoms with E-state index >= 15 is 0 Å². The van der Waals surface area contributed by atoms with Gasteiger partial charge in [0.05, 0.1) is 22.7 Å². The number of ketones is 1. The van der Waals surface area contributed by atoms with Gasteiger partial charge in [0.1, 0.15) is 5.69 Å². The number of amides is 2. The van der Waals surface area contributed by atoms with E-state index in [-0.39, 0.29) is 34.7 Å². The Hall–Kier alpha value is -3.69. The van der Waals surface area contributed by atoms with E-state index in [1.54, 1.807) is 59.5 Å². The molecule has 1 saturated carbocycles. The summed E-state index contributed by atoms with van der Waals surface area (Å²) in [5.41, 5.74) is -1.39. The number of pyridine rings is 1. The number of carbonyl (C=O) groups is 3. The van der Waals surface area contributed by atoms with Crippen LogP contribution < -0.4 is 10.2 Å². The molecule has 1 fully saturated rings. The summed E-state index contributed by atoms with van der Waals surface area (Å²) in [7, 11) is 0. The van der Waals surface area contributed by atoms with Crippen LogP contribution in [0, 0.1) is 5.92 Å². The zero-order valence-corrected chi connectivity index (χ0v) is 22.3. The fourth-order valence-electron chi connectivity index (χ4n) is 5.63. The van der Waals surface area contributed by atoms with Gasteiger partial charge in [-0.25, -0.2) is 8.78 Å². The third-order valence-electron chi connectivity index (χ3n) is 7.71. The quantitative estimate of drug-likeness (QED) is 0.352. The number of Topliss-reactive ketones (excluding diaryl/α,β-unsaturated/α-hetero) is 1. The highest BCUT2D eigenvalue weighted by molar-refractivity contribution is 6.30. The van der Waals surface area contributed by atoms with Crippen LogP contribution in [-0.2, 0) is 10.4 Å². The Morgan fingerprint density at radius 2 is 1.75 bits per heavy atom. The monoisotopic (exact) mass is 567 g/mol. The Kier molecular flexibility index (Phi) is 7.96. The molecule has 2 N–H and O–H groups in total. The Morgan fingerprint density at radius 1 is 1.07 bits per heavy atom. The van der Waals surface area contributed by atoms with Gasteiger partial charge in [-0.15, -0.1) is 0 Å². The van der Waals surface area contributed by atoms with Crippen LogP contribution in [0.3, 0.4) is 0 Å². The molecule has 2 aliphatic rings. The summed E-state index contributed by atoms with van der Waals surface area (Å²) in [6.07, 6.45) is 0.352. The number of alkyl halides is 2. The fourth-order valence-corrected chi connectivity index (χ4v) is 5.79. The standard InChI is InChI=1S/C30H28ClF2N3O4/c31-20-14-22(26(27(32)33)34-16-20)28(38)35-21-12-10-18(11-13-21)17-36-24-9-5-4-8-23(24)30(40,29(36)39)15-25(37)19-6-2-1-3-7-19/h1-9,14,16,18,21,27,40H,10-13,15,17H2,(H,35,38)/t18-,21-,30?. The first-order chi connectivity index (χ1) is 19.2. The van der Waals surface area contributed by atoms with Crippen LogP contribution in [0.5, 0.6) is 0 Å². The Labute approximate surface area is 235 Å². The summed E-state index contributed by atoms with van der Waals surface area (Å²) in [4.78, 5) is 44.5. The van der Waals surface area contributed by atoms with Gasteiger partial charge in [0.25, 0.3) is 18.2 Å². The van der Waals surface area contributed by atoms with Crippen LogP contribution in [0.2, 0.25) is 5.02 Å². The molecule has 2 aromatic carbocycles. The van der Waals surface area contributed by atoms with Crippen LogP contribution >= 0.6 is 11.6 Å². The molecule has 1 aliphatic carbocycles. The summed E-state index contributed by atoms with van der Waals surface area (Å²) in [5, 5.41) is 14.5. The molecule has 2 amide bonds. The van der Waals surface area contributed by atoms with Gasteiger partial charge in [0.15, 0.2) is 11.4 Å². The Bertz CT molecular complexity index is 1430. The van der Waals surface area contributed by atoms with E-state index in [0.717, 1.165) is 6.20 Å². The van der Waals surface area contributed by atoms with Gasteiger partial charge in [0, 0.05) is 29.9 Å². The lowest BCUT2D eigenvalue weighted by Crippen LogP contribution is -2.45. The highest BCUT2D eigenvalue weighted by atomic mass is 35.5. The number of aliphatic hydroxyl groups is 1. The highest BCUT2D eigenvalue weighted by Gasteiger charge is 2.51. The lowest BCUT2D eigenvalue weighted by Gasteiger charge is -2.32. The molecule has 2 heterocycles. The molecular formula is C30H28ClF2N3O4. The third kappa shape index (κ3) is 5.48. The minimum atomic E-state index is -2.91. The van der Waals surface area contributed by atoms with Gasteiger partial charge in [0.2, 0.25) is 0 Å². The zero-order chi connectivity index (χ0) is 28.4. The summed E-state index contributed by atoms with van der Waals surface area (Å²) in [5.74, 6) is -1.41. The maximum atomic E-state index is 13.6. The van der Waals surface area contributed by atoms with Crippen molar-refractivity contribution in [2.24, 2.45) is 5.92 Å². The number of halogens is 3. The van der Waals surface area contributed by atoms with E-state index in [4.69, 9.17) is 11.6 Å². The molecule has 0 spiro atoms. The number of para-hydroxylation sites is 1. The van der Waals surface area contributed by atoms with Crippen LogP contribution in [0.15, 0.2) is 66.9 Å². The van der Waals surface area contributed by atoms with Crippen LogP contribution in [-0.4, -0.2) is 40.3 Å². The molecule has 1 aliphatic heterocycles. The summed E-state index contributed by atoms with van der Waals surface area (Å²) < 4.78 is 26.7. The summed E-state index contributed by atoms with van der Waals surface area (Å²) in [6.45, 7) is 0.353. The van der Waals surface area contributed by atoms with Crippen molar-refractivity contribution < 1.29 is 28.3 Å². The average Bonchev–Trinajstić information content (AvgIpc) is 3.16. The maximum absolute atomic E-state index is 13.6. The normalized spacial score (nSPS) is 22.3. The highest BCUT2D eigenvalue weighted by Crippen LogP contribution is 2.44. The van der Waals surface area contributed by atoms with Crippen LogP contribution in [0.4, 0.5) is 14.5 Å². The molecule has 0 radical (unpaired) electrons. The summed E-state index contributed by atoms with van der Waals surface area (Å²) >= 11 is 5.88. The zero-order valence-electron chi connectivity index (χ0n) is 21.5. The number of nitrogens with zero attached hydrogens (tertiary/aromatic N) is 2. The number of nitrogens with one attached hydrogen (secondary N) is 1. The molecule has 208 valence electrons. The fraction of sp³-hybridized carbons (Fsp3) is 0.333. The molecule has 3 aromatic rings. The van der Waals surface area contributed by atoms with Gasteiger partial charge in [-0.1, -0.05) is 60.1 Å². The first-order valence-corrected chi connectivity index (χ1v) is 13.5. The number of rotatable bonds is 8. The Morgan fingerprint density at radius 3 is 2.45 bits per heavy atom. The number of carbonyl (C=O) groups excluding carboxylic acids is 3. The van der Waals surface area contributed by atoms with Crippen molar-refractivity contribution in [2.45, 2.75) is 50.2 Å². The lowest BCUT2D eigenvalue weighted by molar-refractivity contribution is -0.136. The second-order valence-electron chi connectivity index (χ2n) is 10.3. The van der Waals surface area contributed by atoms with Crippen molar-refractivity contribution in [2.75, 3.05) is 11.4 Å². The predicted molar refractivity (Wildman–Crippen MR) is 145 cm³/mol. The Balaban J connectivity index is 1.24. The van der Waals surface area contributed by atoms with Crippen molar-refractivity contribution in [3.05, 3.63) is 94.3 Å². The molecule has 1 aromatic heterocycles. The minimum Gasteiger partial charge on any atom is -0.375 e. The topological polar surface area (TPSA) is 99.6 Å². The van der Waals surface area contributed by atoms with Crippen LogP contribution in [0.25, 0.3) is 0 Å². The van der Waals surface area contributed by atoms with E-state index in [2.05, 4.69) is 10.3 Å². The van der Waals surface area contributed by atoms with Crippen molar-refractivity contribution in [3.8, 4) is 0 Å². The van der Waals surface area contributed by atoms with E-state index in [1.807, 2.05) is 0 Å². The molecule has 10 heteroatoms. The molecule has 0 saturated heterocycles. The average molecular weight is 568 g/mol. The largest absolute Gasteiger partial charge is 0.375 e. The van der Waals surface area contributed by atoms with E-state index in [1.165, 1.54) is 6.07 Å². The molecule has 1 unspecified atom stereocenters. The van der Waals surface area contributed by atoms with Gasteiger partial charge in [-0.2, -0.15) is 0 Å². The second-order valence-corrected chi connectivity index (χ2v) is 10.8. The number of hydrogen-bond acceptors (Lipinski definition) is 5. The van der Waals surface area contributed by atoms with Gasteiger partial charge in [-0.3, -0.25) is 19.4 Å². The molecule has 5 rings (SSSR count). The number of anilines is 1. The number of aromatic nitrogens is 1. The molecule has 40 heavy (non-hydrogen) atoms. The summed E-state index contributed by atoms with van der Waals surface area (Å²) in [6, 6.07) is 16.5. The second kappa shape index (κ2) is 11.4. The SMILES string of the molecule is O=C(CC1(O)C(=O)N(C[C@H]2CC[C@H](NC(=O)c3cc(Cl)cnc3C(F)F)CC2)c2ccccc21)c1ccccc1. The van der Waals surface area contributed by atoms with Crippen molar-refractivity contribution in [3.63, 3.8) is 0 Å². The first kappa shape index (κ1) is 27.9. The predicted octanol–water partition coefficient (Wildman–Crippen LogP) is 5.47. The van der Waals surface area contributed by atoms with E-state index < -0.39 is 29.5 Å². The molecule has 0 bridgehead atoms. The smallest absolute Gasteiger partial charge is 0.281 e. The molecular weight excluding hydrogens is 540 g/mol. The van der Waals surface area contributed by atoms with Crippen molar-refractivity contribution >= 4 is 34.9 Å². The molecule has 1 atom stereocenters. The molecule has 7 nitrogen and oxygen atoms in total. The first-order valence-electron chi connectivity index (χ1n) is 13.1. The number of fused-ring (bicyclic) bond motifs is 1. The van der Waals surface area contributed by atoms with Crippen LogP contribution in [0.1, 0.15) is 70.5 Å². The number of hydrogen-bond donors (Lipinski definition) is 2. The van der Waals surface area contributed by atoms with Crippen molar-refractivity contribution in [1.29, 1.82) is 0 Å². The minimum absolute atomic E-state index is 0.0850. The van der Waals surface area contributed by atoms with Gasteiger partial charge >= 0.3 is 0 Å². The van der Waals surface area contributed by atoms with E-state index in [0.29, 0.717) is 49.0 Å². The van der Waals surface area contributed by atoms with Gasteiger partial charge in [-0.05, 0) is 43.7 Å². The maximum Gasteiger partial charge on any atom is 0.281 e. The van der Waals surface area contributed by atoms with E-state index in [9.17, 15) is 28.3 Å². The van der Waals surface area contributed by atoms with Crippen molar-refractivity contribution in [1.82, 2.24) is 10.3 Å². The lowest BCUT2D eigenvalue weighted by atomic mass is 9.85.